The highest BCUT2D eigenvalue weighted by Crippen LogP contribution is 1.89. The summed E-state index contributed by atoms with van der Waals surface area (Å²) in [5, 5.41) is 10.9. The third-order valence-electron chi connectivity index (χ3n) is 1.22. The number of carboxylic acid groups (broad SMARTS) is 1. The maximum Gasteiger partial charge on any atom is 0.349 e. The lowest BCUT2D eigenvalue weighted by Gasteiger charge is -2.00. The van der Waals surface area contributed by atoms with E-state index in [2.05, 4.69) is 20.3 Å². The van der Waals surface area contributed by atoms with E-state index in [0.717, 1.165) is 6.33 Å². The van der Waals surface area contributed by atoms with E-state index in [0.29, 0.717) is 0 Å². The topological polar surface area (TPSA) is 108 Å². The van der Waals surface area contributed by atoms with Crippen LogP contribution in [-0.4, -0.2) is 32.6 Å². The highest BCUT2D eigenvalue weighted by Gasteiger charge is 1.97. The minimum Gasteiger partial charge on any atom is -0.481 e. The van der Waals surface area contributed by atoms with Crippen molar-refractivity contribution in [1.29, 1.82) is 0 Å². The first kappa shape index (κ1) is 9.17. The van der Waals surface area contributed by atoms with Gasteiger partial charge in [0.15, 0.2) is 0 Å². The number of aromatic nitrogens is 3. The minimum atomic E-state index is -0.913. The highest BCUT2D eigenvalue weighted by atomic mass is 16.4. The van der Waals surface area contributed by atoms with E-state index < -0.39 is 11.7 Å². The Morgan fingerprint density at radius 1 is 1.62 bits per heavy atom. The number of aliphatic carboxylic acids is 1. The van der Waals surface area contributed by atoms with Gasteiger partial charge in [-0.3, -0.25) is 9.78 Å². The molecule has 0 amide bonds. The van der Waals surface area contributed by atoms with Crippen LogP contribution in [0.4, 0.5) is 5.95 Å². The van der Waals surface area contributed by atoms with Crippen LogP contribution in [0.2, 0.25) is 0 Å². The summed E-state index contributed by atoms with van der Waals surface area (Å²) in [5.74, 6) is -0.690. The standard InChI is InChI=1S/C6H8N4O3/c11-4(12)1-2-7-5-8-3-9-6(13)10-5/h3H,1-2H2,(H,11,12)(H2,7,8,9,10,13). The lowest BCUT2D eigenvalue weighted by Crippen LogP contribution is -2.16. The van der Waals surface area contributed by atoms with Gasteiger partial charge >= 0.3 is 11.7 Å². The summed E-state index contributed by atoms with van der Waals surface area (Å²) >= 11 is 0. The number of carboxylic acids is 1. The molecule has 7 heteroatoms. The number of carbonyl (C=O) groups is 1. The van der Waals surface area contributed by atoms with Crippen molar-refractivity contribution >= 4 is 11.9 Å². The Kier molecular flexibility index (Phi) is 2.96. The molecule has 0 atom stereocenters. The Labute approximate surface area is 72.9 Å². The first-order valence-corrected chi connectivity index (χ1v) is 3.55. The van der Waals surface area contributed by atoms with E-state index >= 15 is 0 Å². The Morgan fingerprint density at radius 2 is 2.38 bits per heavy atom. The van der Waals surface area contributed by atoms with Crippen LogP contribution in [0, 0.1) is 0 Å². The van der Waals surface area contributed by atoms with Crippen molar-refractivity contribution in [2.75, 3.05) is 11.9 Å². The molecule has 0 unspecified atom stereocenters. The van der Waals surface area contributed by atoms with Gasteiger partial charge in [0.25, 0.3) is 0 Å². The Balaban J connectivity index is 2.45. The van der Waals surface area contributed by atoms with Crippen molar-refractivity contribution in [1.82, 2.24) is 15.0 Å². The second kappa shape index (κ2) is 4.19. The average Bonchev–Trinajstić information content (AvgIpc) is 2.03. The van der Waals surface area contributed by atoms with Crippen LogP contribution in [0.3, 0.4) is 0 Å². The first-order chi connectivity index (χ1) is 6.18. The van der Waals surface area contributed by atoms with Gasteiger partial charge in [0.2, 0.25) is 5.95 Å². The van der Waals surface area contributed by atoms with Gasteiger partial charge in [-0.2, -0.15) is 4.98 Å². The maximum atomic E-state index is 10.6. The van der Waals surface area contributed by atoms with Gasteiger partial charge in [-0.15, -0.1) is 0 Å². The number of H-pyrrole nitrogens is 1. The molecule has 0 aromatic carbocycles. The second-order valence-corrected chi connectivity index (χ2v) is 2.22. The normalized spacial score (nSPS) is 9.54. The summed E-state index contributed by atoms with van der Waals surface area (Å²) in [7, 11) is 0. The van der Waals surface area contributed by atoms with Gasteiger partial charge in [0.05, 0.1) is 6.42 Å². The zero-order valence-corrected chi connectivity index (χ0v) is 6.65. The van der Waals surface area contributed by atoms with E-state index in [1.54, 1.807) is 0 Å². The molecule has 1 aromatic heterocycles. The predicted molar refractivity (Wildman–Crippen MR) is 43.4 cm³/mol. The van der Waals surface area contributed by atoms with Gasteiger partial charge in [-0.25, -0.2) is 9.78 Å². The van der Waals surface area contributed by atoms with E-state index in [-0.39, 0.29) is 18.9 Å². The zero-order chi connectivity index (χ0) is 9.68. The highest BCUT2D eigenvalue weighted by molar-refractivity contribution is 5.67. The van der Waals surface area contributed by atoms with Gasteiger partial charge in [-0.1, -0.05) is 0 Å². The van der Waals surface area contributed by atoms with Crippen molar-refractivity contribution in [2.24, 2.45) is 0 Å². The van der Waals surface area contributed by atoms with Crippen LogP contribution in [0.5, 0.6) is 0 Å². The Hall–Kier alpha value is -1.92. The molecular weight excluding hydrogens is 176 g/mol. The van der Waals surface area contributed by atoms with Crippen LogP contribution in [0.25, 0.3) is 0 Å². The molecule has 1 rings (SSSR count). The molecule has 0 fully saturated rings. The molecule has 0 saturated heterocycles. The number of nitrogens with zero attached hydrogens (tertiary/aromatic N) is 2. The second-order valence-electron chi connectivity index (χ2n) is 2.22. The SMILES string of the molecule is O=C(O)CCNc1ncnc(=O)[nH]1. The molecular formula is C6H8N4O3. The van der Waals surface area contributed by atoms with Crippen molar-refractivity contribution < 1.29 is 9.90 Å². The fourth-order valence-corrected chi connectivity index (χ4v) is 0.683. The molecule has 0 saturated carbocycles. The van der Waals surface area contributed by atoms with Crippen LogP contribution in [-0.2, 0) is 4.79 Å². The number of nitrogens with one attached hydrogen (secondary N) is 2. The molecule has 0 aliphatic carbocycles. The molecule has 0 radical (unpaired) electrons. The largest absolute Gasteiger partial charge is 0.481 e. The summed E-state index contributed by atoms with van der Waals surface area (Å²) in [6, 6.07) is 0. The number of hydrogen-bond donors (Lipinski definition) is 3. The monoisotopic (exact) mass is 184 g/mol. The van der Waals surface area contributed by atoms with Gasteiger partial charge in [0.1, 0.15) is 6.33 Å². The molecule has 0 bridgehead atoms. The van der Waals surface area contributed by atoms with Crippen molar-refractivity contribution in [3.05, 3.63) is 16.8 Å². The van der Waals surface area contributed by atoms with Crippen LogP contribution >= 0.6 is 0 Å². The molecule has 0 aliphatic rings. The average molecular weight is 184 g/mol. The molecule has 1 heterocycles. The fraction of sp³-hybridized carbons (Fsp3) is 0.333. The summed E-state index contributed by atoms with van der Waals surface area (Å²) < 4.78 is 0. The third-order valence-corrected chi connectivity index (χ3v) is 1.22. The summed E-state index contributed by atoms with van der Waals surface area (Å²) in [4.78, 5) is 30.0. The van der Waals surface area contributed by atoms with Crippen molar-refractivity contribution in [3.8, 4) is 0 Å². The number of rotatable bonds is 4. The molecule has 7 nitrogen and oxygen atoms in total. The number of anilines is 1. The van der Waals surface area contributed by atoms with Crippen molar-refractivity contribution in [3.63, 3.8) is 0 Å². The van der Waals surface area contributed by atoms with E-state index in [1.165, 1.54) is 0 Å². The summed E-state index contributed by atoms with van der Waals surface area (Å²) in [6.45, 7) is 0.211. The van der Waals surface area contributed by atoms with Crippen LogP contribution < -0.4 is 11.0 Å². The van der Waals surface area contributed by atoms with Crippen molar-refractivity contribution in [2.45, 2.75) is 6.42 Å². The maximum absolute atomic E-state index is 10.6. The third kappa shape index (κ3) is 3.32. The van der Waals surface area contributed by atoms with E-state index in [4.69, 9.17) is 5.11 Å². The molecule has 3 N–H and O–H groups in total. The molecule has 13 heavy (non-hydrogen) atoms. The fourth-order valence-electron chi connectivity index (χ4n) is 0.683. The molecule has 70 valence electrons. The van der Waals surface area contributed by atoms with E-state index in [1.807, 2.05) is 0 Å². The van der Waals surface area contributed by atoms with Crippen LogP contribution in [0.15, 0.2) is 11.1 Å². The molecule has 0 aliphatic heterocycles. The molecule has 0 spiro atoms. The van der Waals surface area contributed by atoms with Gasteiger partial charge in [0, 0.05) is 6.54 Å². The lowest BCUT2D eigenvalue weighted by atomic mass is 10.4. The smallest absolute Gasteiger partial charge is 0.349 e. The van der Waals surface area contributed by atoms with Crippen LogP contribution in [0.1, 0.15) is 6.42 Å². The number of aromatic amines is 1. The minimum absolute atomic E-state index is 0.0357. The molecule has 1 aromatic rings. The first-order valence-electron chi connectivity index (χ1n) is 3.55. The zero-order valence-electron chi connectivity index (χ0n) is 6.65. The quantitative estimate of drug-likeness (QED) is 0.556. The number of hydrogen-bond acceptors (Lipinski definition) is 5. The summed E-state index contributed by atoms with van der Waals surface area (Å²) in [6.07, 6.45) is 1.06. The predicted octanol–water partition coefficient (Wildman–Crippen LogP) is -0.948. The lowest BCUT2D eigenvalue weighted by molar-refractivity contribution is -0.136. The Bertz CT molecular complexity index is 348. The van der Waals surface area contributed by atoms with E-state index in [9.17, 15) is 9.59 Å². The van der Waals surface area contributed by atoms with Gasteiger partial charge < -0.3 is 10.4 Å². The summed E-state index contributed by atoms with van der Waals surface area (Å²) in [5.41, 5.74) is -0.521. The van der Waals surface area contributed by atoms with Gasteiger partial charge in [-0.05, 0) is 0 Å². The Morgan fingerprint density at radius 3 is 3.00 bits per heavy atom.